The molecule has 19 heavy (non-hydrogen) atoms. The number of benzene rings is 1. The highest BCUT2D eigenvalue weighted by atomic mass is 79.9. The normalized spacial score (nSPS) is 10.5. The third kappa shape index (κ3) is 3.27. The second-order valence-electron chi connectivity index (χ2n) is 4.04. The Morgan fingerprint density at radius 1 is 1.42 bits per heavy atom. The smallest absolute Gasteiger partial charge is 0.175 e. The minimum Gasteiger partial charge on any atom is -0.493 e. The van der Waals surface area contributed by atoms with Crippen LogP contribution in [0.15, 0.2) is 28.9 Å². The Balaban J connectivity index is 2.19. The van der Waals surface area contributed by atoms with Gasteiger partial charge >= 0.3 is 0 Å². The first kappa shape index (κ1) is 13.9. The molecule has 0 fully saturated rings. The molecule has 0 spiro atoms. The molecule has 0 aliphatic heterocycles. The van der Waals surface area contributed by atoms with Crippen molar-refractivity contribution in [3.8, 4) is 11.5 Å². The average molecular weight is 327 g/mol. The zero-order valence-electron chi connectivity index (χ0n) is 10.8. The van der Waals surface area contributed by atoms with Crippen LogP contribution in [-0.4, -0.2) is 22.0 Å². The van der Waals surface area contributed by atoms with Crippen molar-refractivity contribution in [2.45, 2.75) is 13.2 Å². The topological polar surface area (TPSA) is 56.5 Å². The number of nitrogens with zero attached hydrogens (tertiary/aromatic N) is 2. The van der Waals surface area contributed by atoms with Gasteiger partial charge in [-0.3, -0.25) is 4.68 Å². The fourth-order valence-corrected chi connectivity index (χ4v) is 2.29. The lowest BCUT2D eigenvalue weighted by Crippen LogP contribution is -2.01. The highest BCUT2D eigenvalue weighted by Crippen LogP contribution is 2.37. The molecule has 6 heteroatoms. The third-order valence-electron chi connectivity index (χ3n) is 2.61. The molecule has 0 unspecified atom stereocenters. The Morgan fingerprint density at radius 3 is 2.79 bits per heavy atom. The van der Waals surface area contributed by atoms with Crippen molar-refractivity contribution in [3.63, 3.8) is 0 Å². The van der Waals surface area contributed by atoms with E-state index >= 15 is 0 Å². The Morgan fingerprint density at radius 2 is 2.21 bits per heavy atom. The zero-order chi connectivity index (χ0) is 13.8. The van der Waals surface area contributed by atoms with Gasteiger partial charge in [-0.1, -0.05) is 0 Å². The number of aliphatic hydroxyl groups is 1. The molecular formula is C13H15BrN2O3. The molecule has 1 N–H and O–H groups in total. The highest BCUT2D eigenvalue weighted by molar-refractivity contribution is 9.10. The van der Waals surface area contributed by atoms with Crippen molar-refractivity contribution >= 4 is 15.9 Å². The second kappa shape index (κ2) is 6.08. The Hall–Kier alpha value is -1.53. The molecule has 0 bridgehead atoms. The molecule has 2 rings (SSSR count). The van der Waals surface area contributed by atoms with Gasteiger partial charge in [-0.25, -0.2) is 0 Å². The minimum atomic E-state index is -0.0461. The summed E-state index contributed by atoms with van der Waals surface area (Å²) in [5.41, 5.74) is 1.59. The molecule has 0 radical (unpaired) electrons. The Labute approximate surface area is 119 Å². The maximum absolute atomic E-state index is 9.15. The van der Waals surface area contributed by atoms with Gasteiger partial charge in [-0.15, -0.1) is 0 Å². The Bertz CT molecular complexity index is 569. The van der Waals surface area contributed by atoms with Gasteiger partial charge in [-0.2, -0.15) is 5.10 Å². The zero-order valence-corrected chi connectivity index (χ0v) is 12.3. The number of methoxy groups -OCH3 is 1. The monoisotopic (exact) mass is 326 g/mol. The van der Waals surface area contributed by atoms with Crippen molar-refractivity contribution in [1.29, 1.82) is 0 Å². The van der Waals surface area contributed by atoms with E-state index in [1.54, 1.807) is 23.9 Å². The molecule has 5 nitrogen and oxygen atoms in total. The summed E-state index contributed by atoms with van der Waals surface area (Å²) in [6.45, 7) is 0.309. The summed E-state index contributed by atoms with van der Waals surface area (Å²) in [4.78, 5) is 0. The van der Waals surface area contributed by atoms with Crippen molar-refractivity contribution in [1.82, 2.24) is 9.78 Å². The van der Waals surface area contributed by atoms with Crippen molar-refractivity contribution in [2.75, 3.05) is 7.11 Å². The van der Waals surface area contributed by atoms with Gasteiger partial charge in [0.25, 0.3) is 0 Å². The van der Waals surface area contributed by atoms with Crippen molar-refractivity contribution in [3.05, 3.63) is 40.1 Å². The average Bonchev–Trinajstić information content (AvgIpc) is 2.82. The maximum Gasteiger partial charge on any atom is 0.175 e. The van der Waals surface area contributed by atoms with Crippen LogP contribution in [0.2, 0.25) is 0 Å². The standard InChI is InChI=1S/C13H15BrN2O3/c1-16-4-3-10(15-16)8-19-13-11(14)5-9(7-17)6-12(13)18-2/h3-6,17H,7-8H2,1-2H3. The first-order valence-corrected chi connectivity index (χ1v) is 6.52. The van der Waals surface area contributed by atoms with Crippen LogP contribution in [0.5, 0.6) is 11.5 Å². The Kier molecular flexibility index (Phi) is 4.44. The molecule has 102 valence electrons. The minimum absolute atomic E-state index is 0.0461. The largest absolute Gasteiger partial charge is 0.493 e. The number of hydrogen-bond acceptors (Lipinski definition) is 4. The summed E-state index contributed by atoms with van der Waals surface area (Å²) < 4.78 is 13.5. The number of aliphatic hydroxyl groups excluding tert-OH is 1. The fourth-order valence-electron chi connectivity index (χ4n) is 1.69. The van der Waals surface area contributed by atoms with Gasteiger partial charge in [0.2, 0.25) is 0 Å². The van der Waals surface area contributed by atoms with E-state index in [1.807, 2.05) is 19.3 Å². The van der Waals surface area contributed by atoms with Crippen molar-refractivity contribution in [2.24, 2.45) is 7.05 Å². The van der Waals surface area contributed by atoms with Crippen LogP contribution in [0, 0.1) is 0 Å². The highest BCUT2D eigenvalue weighted by Gasteiger charge is 2.12. The van der Waals surface area contributed by atoms with E-state index in [2.05, 4.69) is 21.0 Å². The summed E-state index contributed by atoms with van der Waals surface area (Å²) >= 11 is 3.42. The molecule has 0 amide bonds. The van der Waals surface area contributed by atoms with E-state index < -0.39 is 0 Å². The van der Waals surface area contributed by atoms with Crippen LogP contribution in [0.25, 0.3) is 0 Å². The van der Waals surface area contributed by atoms with Crippen LogP contribution >= 0.6 is 15.9 Å². The maximum atomic E-state index is 9.15. The predicted molar refractivity (Wildman–Crippen MR) is 74.2 cm³/mol. The second-order valence-corrected chi connectivity index (χ2v) is 4.89. The van der Waals surface area contributed by atoms with E-state index in [0.29, 0.717) is 18.1 Å². The number of ether oxygens (including phenoxy) is 2. The van der Waals surface area contributed by atoms with Crippen LogP contribution < -0.4 is 9.47 Å². The van der Waals surface area contributed by atoms with Crippen LogP contribution in [0.3, 0.4) is 0 Å². The van der Waals surface area contributed by atoms with Gasteiger partial charge in [0.15, 0.2) is 11.5 Å². The predicted octanol–water partition coefficient (Wildman–Crippen LogP) is 2.26. The number of halogens is 1. The van der Waals surface area contributed by atoms with Crippen LogP contribution in [0.4, 0.5) is 0 Å². The molecule has 1 heterocycles. The van der Waals surface area contributed by atoms with E-state index in [1.165, 1.54) is 0 Å². The third-order valence-corrected chi connectivity index (χ3v) is 3.19. The van der Waals surface area contributed by atoms with Crippen LogP contribution in [0.1, 0.15) is 11.3 Å². The summed E-state index contributed by atoms with van der Waals surface area (Å²) in [6.07, 6.45) is 1.86. The molecule has 1 aromatic carbocycles. The van der Waals surface area contributed by atoms with E-state index in [4.69, 9.17) is 14.6 Å². The van der Waals surface area contributed by atoms with E-state index in [9.17, 15) is 0 Å². The summed E-state index contributed by atoms with van der Waals surface area (Å²) in [5, 5.41) is 13.4. The summed E-state index contributed by atoms with van der Waals surface area (Å²) in [5.74, 6) is 1.18. The lowest BCUT2D eigenvalue weighted by Gasteiger charge is -2.13. The quantitative estimate of drug-likeness (QED) is 0.915. The van der Waals surface area contributed by atoms with Gasteiger partial charge in [0.1, 0.15) is 6.61 Å². The summed E-state index contributed by atoms with van der Waals surface area (Å²) in [6, 6.07) is 5.44. The molecule has 0 atom stereocenters. The molecule has 0 saturated heterocycles. The lowest BCUT2D eigenvalue weighted by molar-refractivity contribution is 0.270. The van der Waals surface area contributed by atoms with Gasteiger partial charge in [0, 0.05) is 13.2 Å². The number of aryl methyl sites for hydroxylation is 1. The van der Waals surface area contributed by atoms with Gasteiger partial charge in [-0.05, 0) is 39.7 Å². The molecule has 2 aromatic rings. The molecule has 0 aliphatic rings. The number of rotatable bonds is 5. The fraction of sp³-hybridized carbons (Fsp3) is 0.308. The van der Waals surface area contributed by atoms with E-state index in [0.717, 1.165) is 15.7 Å². The molecular weight excluding hydrogens is 312 g/mol. The van der Waals surface area contributed by atoms with Gasteiger partial charge < -0.3 is 14.6 Å². The number of hydrogen-bond donors (Lipinski definition) is 1. The SMILES string of the molecule is COc1cc(CO)cc(Br)c1OCc1ccn(C)n1. The first-order valence-electron chi connectivity index (χ1n) is 5.72. The van der Waals surface area contributed by atoms with Crippen LogP contribution in [-0.2, 0) is 20.3 Å². The van der Waals surface area contributed by atoms with E-state index in [-0.39, 0.29) is 6.61 Å². The van der Waals surface area contributed by atoms with Gasteiger partial charge in [0.05, 0.1) is 23.9 Å². The van der Waals surface area contributed by atoms with Crippen molar-refractivity contribution < 1.29 is 14.6 Å². The molecule has 1 aromatic heterocycles. The lowest BCUT2D eigenvalue weighted by atomic mass is 10.2. The molecule has 0 saturated carbocycles. The summed E-state index contributed by atoms with van der Waals surface area (Å²) in [7, 11) is 3.42. The molecule has 0 aliphatic carbocycles. The first-order chi connectivity index (χ1) is 9.13. The number of aromatic nitrogens is 2.